The largest absolute Gasteiger partial charge is 0.493 e. The Balaban J connectivity index is 1.53. The molecule has 2 heterocycles. The standard InChI is InChI=1S/C21H31N3O6S/c1-12(2)24-10-15(22-23-24)11-29-16-6-5-14(9-17(16)28-4)7-8-31-21-20(27)19(26)18(25)13(3)30-21/h5-6,9-10,12-13,18-21,25-27H,7-8,11H2,1-4H3/t13?,18-,19?,20?,21+/m1/s1. The zero-order chi connectivity index (χ0) is 22.5. The molecule has 3 N–H and O–H groups in total. The molecule has 0 amide bonds. The molecule has 0 saturated carbocycles. The fraction of sp³-hybridized carbons (Fsp3) is 0.619. The number of hydrogen-bond donors (Lipinski definition) is 3. The van der Waals surface area contributed by atoms with Crippen molar-refractivity contribution < 1.29 is 29.5 Å². The smallest absolute Gasteiger partial charge is 0.161 e. The Morgan fingerprint density at radius 3 is 2.61 bits per heavy atom. The number of nitrogens with zero attached hydrogens (tertiary/aromatic N) is 3. The lowest BCUT2D eigenvalue weighted by atomic mass is 10.0. The fourth-order valence-electron chi connectivity index (χ4n) is 3.21. The van der Waals surface area contributed by atoms with Crippen LogP contribution in [0.25, 0.3) is 0 Å². The normalized spacial score (nSPS) is 26.3. The molecule has 0 aliphatic carbocycles. The summed E-state index contributed by atoms with van der Waals surface area (Å²) in [5.41, 5.74) is 1.20. The van der Waals surface area contributed by atoms with Crippen molar-refractivity contribution in [2.24, 2.45) is 0 Å². The quantitative estimate of drug-likeness (QED) is 0.519. The van der Waals surface area contributed by atoms with Crippen LogP contribution >= 0.6 is 11.8 Å². The van der Waals surface area contributed by atoms with Crippen LogP contribution in [0.2, 0.25) is 0 Å². The molecule has 31 heavy (non-hydrogen) atoms. The number of thioether (sulfide) groups is 1. The monoisotopic (exact) mass is 453 g/mol. The van der Waals surface area contributed by atoms with Crippen molar-refractivity contribution in [3.05, 3.63) is 35.7 Å². The molecule has 5 atom stereocenters. The van der Waals surface area contributed by atoms with E-state index in [1.54, 1.807) is 18.7 Å². The molecule has 0 bridgehead atoms. The predicted molar refractivity (Wildman–Crippen MR) is 116 cm³/mol. The van der Waals surface area contributed by atoms with Gasteiger partial charge in [0.25, 0.3) is 0 Å². The third kappa shape index (κ3) is 5.89. The molecule has 1 fully saturated rings. The van der Waals surface area contributed by atoms with Gasteiger partial charge in [0.1, 0.15) is 36.0 Å². The Morgan fingerprint density at radius 1 is 1.16 bits per heavy atom. The molecule has 0 radical (unpaired) electrons. The summed E-state index contributed by atoms with van der Waals surface area (Å²) in [4.78, 5) is 0. The second kappa shape index (κ2) is 10.6. The fourth-order valence-corrected chi connectivity index (χ4v) is 4.41. The molecule has 3 rings (SSSR count). The van der Waals surface area contributed by atoms with Crippen molar-refractivity contribution in [2.45, 2.75) is 69.7 Å². The summed E-state index contributed by atoms with van der Waals surface area (Å²) in [5, 5.41) is 38.0. The molecule has 10 heteroatoms. The minimum Gasteiger partial charge on any atom is -0.493 e. The van der Waals surface area contributed by atoms with E-state index in [0.29, 0.717) is 30.3 Å². The van der Waals surface area contributed by atoms with E-state index in [2.05, 4.69) is 10.3 Å². The number of benzene rings is 1. The molecule has 9 nitrogen and oxygen atoms in total. The summed E-state index contributed by atoms with van der Waals surface area (Å²) in [7, 11) is 1.59. The third-order valence-corrected chi connectivity index (χ3v) is 6.33. The molecule has 1 aliphatic heterocycles. The maximum atomic E-state index is 10.1. The van der Waals surface area contributed by atoms with Gasteiger partial charge in [0.2, 0.25) is 0 Å². The highest BCUT2D eigenvalue weighted by molar-refractivity contribution is 7.99. The van der Waals surface area contributed by atoms with E-state index >= 15 is 0 Å². The molecule has 1 aliphatic rings. The Bertz CT molecular complexity index is 848. The number of aromatic nitrogens is 3. The number of hydrogen-bond acceptors (Lipinski definition) is 9. The molecule has 172 valence electrons. The van der Waals surface area contributed by atoms with Crippen LogP contribution in [-0.2, 0) is 17.8 Å². The average molecular weight is 454 g/mol. The highest BCUT2D eigenvalue weighted by atomic mass is 32.2. The Morgan fingerprint density at radius 2 is 1.94 bits per heavy atom. The van der Waals surface area contributed by atoms with Crippen LogP contribution in [0, 0.1) is 0 Å². The molecule has 2 aromatic rings. The molecular weight excluding hydrogens is 422 g/mol. The molecule has 1 aromatic heterocycles. The van der Waals surface area contributed by atoms with Crippen molar-refractivity contribution >= 4 is 11.8 Å². The summed E-state index contributed by atoms with van der Waals surface area (Å²) in [6.07, 6.45) is -1.38. The first-order valence-corrected chi connectivity index (χ1v) is 11.4. The average Bonchev–Trinajstić information content (AvgIpc) is 3.24. The van der Waals surface area contributed by atoms with Crippen molar-refractivity contribution in [2.75, 3.05) is 12.9 Å². The lowest BCUT2D eigenvalue weighted by molar-refractivity contribution is -0.192. The van der Waals surface area contributed by atoms with Crippen LogP contribution < -0.4 is 9.47 Å². The second-order valence-corrected chi connectivity index (χ2v) is 9.07. The van der Waals surface area contributed by atoms with Gasteiger partial charge in [-0.15, -0.1) is 16.9 Å². The van der Waals surface area contributed by atoms with Gasteiger partial charge in [-0.1, -0.05) is 11.3 Å². The topological polar surface area (TPSA) is 119 Å². The maximum Gasteiger partial charge on any atom is 0.161 e. The van der Waals surface area contributed by atoms with Gasteiger partial charge in [0, 0.05) is 6.04 Å². The SMILES string of the molecule is COc1cc(CCS[C@@H]2OC(C)[C@@H](O)C(O)C2O)ccc1OCc1cn(C(C)C)nn1. The summed E-state index contributed by atoms with van der Waals surface area (Å²) < 4.78 is 18.7. The highest BCUT2D eigenvalue weighted by Crippen LogP contribution is 2.31. The van der Waals surface area contributed by atoms with Gasteiger partial charge in [-0.3, -0.25) is 0 Å². The first-order valence-electron chi connectivity index (χ1n) is 10.3. The van der Waals surface area contributed by atoms with Gasteiger partial charge in [-0.25, -0.2) is 4.68 Å². The van der Waals surface area contributed by atoms with Crippen LogP contribution in [0.15, 0.2) is 24.4 Å². The number of aliphatic hydroxyl groups is 3. The van der Waals surface area contributed by atoms with Gasteiger partial charge >= 0.3 is 0 Å². The van der Waals surface area contributed by atoms with Gasteiger partial charge in [0.05, 0.1) is 19.4 Å². The first kappa shape index (κ1) is 23.8. The van der Waals surface area contributed by atoms with Crippen LogP contribution in [-0.4, -0.2) is 73.0 Å². The molecular formula is C21H31N3O6S. The van der Waals surface area contributed by atoms with Gasteiger partial charge in [-0.2, -0.15) is 0 Å². The Labute approximate surface area is 186 Å². The number of aliphatic hydroxyl groups excluding tert-OH is 3. The van der Waals surface area contributed by atoms with E-state index in [4.69, 9.17) is 14.2 Å². The van der Waals surface area contributed by atoms with E-state index in [-0.39, 0.29) is 6.04 Å². The van der Waals surface area contributed by atoms with Gasteiger partial charge in [-0.05, 0) is 50.6 Å². The summed E-state index contributed by atoms with van der Waals surface area (Å²) >= 11 is 1.41. The van der Waals surface area contributed by atoms with Crippen LogP contribution in [0.5, 0.6) is 11.5 Å². The molecule has 1 aromatic carbocycles. The zero-order valence-corrected chi connectivity index (χ0v) is 19.0. The van der Waals surface area contributed by atoms with Gasteiger partial charge in [0.15, 0.2) is 11.5 Å². The highest BCUT2D eigenvalue weighted by Gasteiger charge is 2.41. The van der Waals surface area contributed by atoms with Crippen molar-refractivity contribution in [1.29, 1.82) is 0 Å². The number of ether oxygens (including phenoxy) is 3. The van der Waals surface area contributed by atoms with Crippen molar-refractivity contribution in [3.8, 4) is 11.5 Å². The minimum atomic E-state index is -1.21. The molecule has 3 unspecified atom stereocenters. The van der Waals surface area contributed by atoms with E-state index in [9.17, 15) is 15.3 Å². The van der Waals surface area contributed by atoms with E-state index in [1.807, 2.05) is 38.2 Å². The Kier molecular flexibility index (Phi) is 8.17. The van der Waals surface area contributed by atoms with E-state index < -0.39 is 29.9 Å². The first-order chi connectivity index (χ1) is 14.8. The lowest BCUT2D eigenvalue weighted by Crippen LogP contribution is -2.55. The van der Waals surface area contributed by atoms with E-state index in [0.717, 1.165) is 11.3 Å². The minimum absolute atomic E-state index is 0.240. The van der Waals surface area contributed by atoms with Crippen LogP contribution in [0.4, 0.5) is 0 Å². The van der Waals surface area contributed by atoms with Crippen LogP contribution in [0.3, 0.4) is 0 Å². The van der Waals surface area contributed by atoms with Crippen molar-refractivity contribution in [3.63, 3.8) is 0 Å². The third-order valence-electron chi connectivity index (χ3n) is 5.17. The Hall–Kier alpha value is -1.85. The summed E-state index contributed by atoms with van der Waals surface area (Å²) in [6, 6.07) is 5.98. The number of aryl methyl sites for hydroxylation is 1. The van der Waals surface area contributed by atoms with Gasteiger partial charge < -0.3 is 29.5 Å². The number of rotatable bonds is 9. The lowest BCUT2D eigenvalue weighted by Gasteiger charge is -2.39. The maximum absolute atomic E-state index is 10.1. The van der Waals surface area contributed by atoms with Crippen LogP contribution in [0.1, 0.15) is 38.1 Å². The second-order valence-electron chi connectivity index (χ2n) is 7.86. The van der Waals surface area contributed by atoms with E-state index in [1.165, 1.54) is 11.8 Å². The van der Waals surface area contributed by atoms with Crippen molar-refractivity contribution in [1.82, 2.24) is 15.0 Å². The molecule has 1 saturated heterocycles. The predicted octanol–water partition coefficient (Wildman–Crippen LogP) is 1.55. The summed E-state index contributed by atoms with van der Waals surface area (Å²) in [5.74, 6) is 1.91. The zero-order valence-electron chi connectivity index (χ0n) is 18.2. The molecule has 0 spiro atoms. The number of methoxy groups -OCH3 is 1. The summed E-state index contributed by atoms with van der Waals surface area (Å²) in [6.45, 7) is 6.04.